The van der Waals surface area contributed by atoms with Gasteiger partial charge in [-0.1, -0.05) is 6.92 Å². The van der Waals surface area contributed by atoms with Crippen molar-refractivity contribution in [3.63, 3.8) is 0 Å². The second-order valence-electron chi connectivity index (χ2n) is 5.19. The van der Waals surface area contributed by atoms with Crippen LogP contribution in [0.1, 0.15) is 44.6 Å². The first-order valence-corrected chi connectivity index (χ1v) is 6.89. The number of rotatable bonds is 6. The van der Waals surface area contributed by atoms with Gasteiger partial charge in [-0.2, -0.15) is 5.10 Å². The van der Waals surface area contributed by atoms with Gasteiger partial charge in [-0.25, -0.2) is 9.48 Å². The fourth-order valence-electron chi connectivity index (χ4n) is 1.98. The molecule has 1 amide bonds. The SMILES string of the molecule is CCCn1nc(C(=O)N(CC)C(C)(C)C(=O)O)ccc1=O. The minimum atomic E-state index is -1.35. The molecule has 0 aliphatic rings. The first kappa shape index (κ1) is 16.9. The Morgan fingerprint density at radius 2 is 1.95 bits per heavy atom. The van der Waals surface area contributed by atoms with Gasteiger partial charge in [-0.15, -0.1) is 0 Å². The van der Waals surface area contributed by atoms with E-state index in [1.165, 1.54) is 35.6 Å². The molecule has 0 fully saturated rings. The van der Waals surface area contributed by atoms with Gasteiger partial charge in [-0.3, -0.25) is 9.59 Å². The van der Waals surface area contributed by atoms with E-state index in [0.717, 1.165) is 0 Å². The quantitative estimate of drug-likeness (QED) is 0.844. The van der Waals surface area contributed by atoms with E-state index in [1.54, 1.807) is 6.92 Å². The molecule has 1 heterocycles. The van der Waals surface area contributed by atoms with Crippen LogP contribution in [0.25, 0.3) is 0 Å². The molecule has 7 heteroatoms. The van der Waals surface area contributed by atoms with Gasteiger partial charge in [0.05, 0.1) is 0 Å². The number of hydrogen-bond acceptors (Lipinski definition) is 4. The number of aliphatic carboxylic acids is 1. The van der Waals surface area contributed by atoms with Gasteiger partial charge in [0.1, 0.15) is 11.2 Å². The Kier molecular flexibility index (Phi) is 5.23. The Balaban J connectivity index is 3.20. The smallest absolute Gasteiger partial charge is 0.329 e. The summed E-state index contributed by atoms with van der Waals surface area (Å²) in [6, 6.07) is 2.61. The lowest BCUT2D eigenvalue weighted by Crippen LogP contribution is -2.53. The monoisotopic (exact) mass is 295 g/mol. The van der Waals surface area contributed by atoms with Gasteiger partial charge in [0.25, 0.3) is 11.5 Å². The lowest BCUT2D eigenvalue weighted by molar-refractivity contribution is -0.147. The first-order valence-electron chi connectivity index (χ1n) is 6.89. The topological polar surface area (TPSA) is 92.5 Å². The van der Waals surface area contributed by atoms with Crippen LogP contribution in [0.3, 0.4) is 0 Å². The maximum Gasteiger partial charge on any atom is 0.329 e. The zero-order valence-electron chi connectivity index (χ0n) is 12.8. The van der Waals surface area contributed by atoms with Crippen molar-refractivity contribution >= 4 is 11.9 Å². The van der Waals surface area contributed by atoms with Crippen LogP contribution in [-0.2, 0) is 11.3 Å². The average molecular weight is 295 g/mol. The molecule has 1 aromatic heterocycles. The number of aromatic nitrogens is 2. The van der Waals surface area contributed by atoms with Crippen molar-refractivity contribution in [2.24, 2.45) is 0 Å². The predicted molar refractivity (Wildman–Crippen MR) is 77.2 cm³/mol. The molecule has 0 saturated carbocycles. The average Bonchev–Trinajstić information content (AvgIpc) is 2.41. The summed E-state index contributed by atoms with van der Waals surface area (Å²) in [7, 11) is 0. The zero-order chi connectivity index (χ0) is 16.2. The summed E-state index contributed by atoms with van der Waals surface area (Å²) in [5.41, 5.74) is -1.56. The van der Waals surface area contributed by atoms with Crippen LogP contribution in [-0.4, -0.2) is 43.7 Å². The maximum absolute atomic E-state index is 12.5. The molecule has 116 valence electrons. The summed E-state index contributed by atoms with van der Waals surface area (Å²) in [5.74, 6) is -1.60. The second kappa shape index (κ2) is 6.51. The number of carboxylic acid groups (broad SMARTS) is 1. The van der Waals surface area contributed by atoms with Crippen LogP contribution in [0.4, 0.5) is 0 Å². The molecule has 0 spiro atoms. The van der Waals surface area contributed by atoms with E-state index in [1.807, 2.05) is 6.92 Å². The van der Waals surface area contributed by atoms with Gasteiger partial charge in [0, 0.05) is 19.2 Å². The van der Waals surface area contributed by atoms with Crippen molar-refractivity contribution in [2.75, 3.05) is 6.54 Å². The summed E-state index contributed by atoms with van der Waals surface area (Å²) in [6.45, 7) is 7.15. The summed E-state index contributed by atoms with van der Waals surface area (Å²) in [4.78, 5) is 36.6. The summed E-state index contributed by atoms with van der Waals surface area (Å²) < 4.78 is 1.22. The first-order chi connectivity index (χ1) is 9.75. The molecule has 0 unspecified atom stereocenters. The lowest BCUT2D eigenvalue weighted by atomic mass is 10.0. The number of nitrogens with zero attached hydrogens (tertiary/aromatic N) is 3. The van der Waals surface area contributed by atoms with Crippen LogP contribution in [0.2, 0.25) is 0 Å². The van der Waals surface area contributed by atoms with Crippen LogP contribution < -0.4 is 5.56 Å². The fraction of sp³-hybridized carbons (Fsp3) is 0.571. The molecule has 1 rings (SSSR count). The lowest BCUT2D eigenvalue weighted by Gasteiger charge is -2.33. The molecular weight excluding hydrogens is 274 g/mol. The number of likely N-dealkylation sites (N-methyl/N-ethyl adjacent to an activating group) is 1. The van der Waals surface area contributed by atoms with Gasteiger partial charge in [0.2, 0.25) is 0 Å². The van der Waals surface area contributed by atoms with Crippen LogP contribution in [0, 0.1) is 0 Å². The van der Waals surface area contributed by atoms with E-state index in [9.17, 15) is 19.5 Å². The minimum Gasteiger partial charge on any atom is -0.480 e. The van der Waals surface area contributed by atoms with Gasteiger partial charge in [0.15, 0.2) is 0 Å². The normalized spacial score (nSPS) is 11.2. The third-order valence-electron chi connectivity index (χ3n) is 3.28. The van der Waals surface area contributed by atoms with Crippen molar-refractivity contribution in [3.05, 3.63) is 28.2 Å². The van der Waals surface area contributed by atoms with E-state index >= 15 is 0 Å². The Bertz CT molecular complexity index is 592. The number of carbonyl (C=O) groups excluding carboxylic acids is 1. The molecule has 21 heavy (non-hydrogen) atoms. The Morgan fingerprint density at radius 1 is 1.33 bits per heavy atom. The van der Waals surface area contributed by atoms with Crippen LogP contribution >= 0.6 is 0 Å². The van der Waals surface area contributed by atoms with Gasteiger partial charge < -0.3 is 10.0 Å². The molecule has 0 saturated heterocycles. The van der Waals surface area contributed by atoms with Crippen molar-refractivity contribution in [3.8, 4) is 0 Å². The molecule has 0 aromatic carbocycles. The second-order valence-corrected chi connectivity index (χ2v) is 5.19. The highest BCUT2D eigenvalue weighted by Crippen LogP contribution is 2.17. The highest BCUT2D eigenvalue weighted by atomic mass is 16.4. The number of carboxylic acids is 1. The van der Waals surface area contributed by atoms with Crippen molar-refractivity contribution in [1.29, 1.82) is 0 Å². The van der Waals surface area contributed by atoms with Gasteiger partial charge in [-0.05, 0) is 33.3 Å². The zero-order valence-corrected chi connectivity index (χ0v) is 12.8. The molecule has 0 bridgehead atoms. The number of aryl methyl sites for hydroxylation is 1. The maximum atomic E-state index is 12.5. The molecule has 0 radical (unpaired) electrons. The Labute approximate surface area is 123 Å². The Hall–Kier alpha value is -2.18. The molecule has 1 N–H and O–H groups in total. The number of carbonyl (C=O) groups is 2. The molecule has 7 nitrogen and oxygen atoms in total. The third kappa shape index (κ3) is 3.48. The molecule has 1 aromatic rings. The molecule has 0 aliphatic heterocycles. The van der Waals surface area contributed by atoms with Crippen molar-refractivity contribution in [1.82, 2.24) is 14.7 Å². The summed E-state index contributed by atoms with van der Waals surface area (Å²) in [6.07, 6.45) is 0.711. The summed E-state index contributed by atoms with van der Waals surface area (Å²) >= 11 is 0. The standard InChI is InChI=1S/C14H21N3O4/c1-5-9-17-11(18)8-7-10(15-17)12(19)16(6-2)14(3,4)13(20)21/h7-8H,5-6,9H2,1-4H3,(H,20,21). The van der Waals surface area contributed by atoms with E-state index in [0.29, 0.717) is 13.0 Å². The number of hydrogen-bond donors (Lipinski definition) is 1. The minimum absolute atomic E-state index is 0.0687. The highest BCUT2D eigenvalue weighted by Gasteiger charge is 2.37. The van der Waals surface area contributed by atoms with E-state index < -0.39 is 17.4 Å². The Morgan fingerprint density at radius 3 is 2.43 bits per heavy atom. The van der Waals surface area contributed by atoms with Crippen molar-refractivity contribution < 1.29 is 14.7 Å². The fourth-order valence-corrected chi connectivity index (χ4v) is 1.98. The highest BCUT2D eigenvalue weighted by molar-refractivity contribution is 5.96. The molecule has 0 atom stereocenters. The van der Waals surface area contributed by atoms with Crippen LogP contribution in [0.5, 0.6) is 0 Å². The molecule has 0 aliphatic carbocycles. The van der Waals surface area contributed by atoms with Crippen LogP contribution in [0.15, 0.2) is 16.9 Å². The largest absolute Gasteiger partial charge is 0.480 e. The third-order valence-corrected chi connectivity index (χ3v) is 3.28. The van der Waals surface area contributed by atoms with E-state index in [4.69, 9.17) is 0 Å². The number of amides is 1. The van der Waals surface area contributed by atoms with E-state index in [-0.39, 0.29) is 17.8 Å². The predicted octanol–water partition coefficient (Wildman–Crippen LogP) is 0.979. The van der Waals surface area contributed by atoms with E-state index in [2.05, 4.69) is 5.10 Å². The van der Waals surface area contributed by atoms with Gasteiger partial charge >= 0.3 is 5.97 Å². The molecular formula is C14H21N3O4. The summed E-state index contributed by atoms with van der Waals surface area (Å²) in [5, 5.41) is 13.3. The van der Waals surface area contributed by atoms with Crippen molar-refractivity contribution in [2.45, 2.75) is 46.2 Å².